The van der Waals surface area contributed by atoms with Crippen molar-refractivity contribution in [3.63, 3.8) is 0 Å². The van der Waals surface area contributed by atoms with Crippen LogP contribution in [0.25, 0.3) is 0 Å². The maximum Gasteiger partial charge on any atom is 0.354 e. The second-order valence-electron chi connectivity index (χ2n) is 8.21. The summed E-state index contributed by atoms with van der Waals surface area (Å²) in [6.07, 6.45) is -1.96. The minimum Gasteiger partial charge on any atom is -0.477 e. The Hall–Kier alpha value is -3.58. The zero-order valence-electron chi connectivity index (χ0n) is 20.4. The molecule has 0 bridgehead atoms. The van der Waals surface area contributed by atoms with Gasteiger partial charge in [-0.15, -0.1) is 0 Å². The van der Waals surface area contributed by atoms with E-state index in [1.54, 1.807) is 24.3 Å². The number of hydrogen-bond acceptors (Lipinski definition) is 7. The topological polar surface area (TPSA) is 140 Å². The second kappa shape index (κ2) is 13.5. The Balaban J connectivity index is 1.89. The Morgan fingerprint density at radius 1 is 1.10 bits per heavy atom. The lowest BCUT2D eigenvalue weighted by Crippen LogP contribution is -2.49. The van der Waals surface area contributed by atoms with Crippen LogP contribution < -0.4 is 5.32 Å². The minimum absolute atomic E-state index is 0.0736. The predicted octanol–water partition coefficient (Wildman–Crippen LogP) is 3.11. The molecule has 14 heteroatoms. The van der Waals surface area contributed by atoms with Crippen molar-refractivity contribution in [2.45, 2.75) is 25.1 Å². The van der Waals surface area contributed by atoms with Crippen LogP contribution in [0.3, 0.4) is 0 Å². The fourth-order valence-corrected chi connectivity index (χ4v) is 3.96. The summed E-state index contributed by atoms with van der Waals surface area (Å²) in [5, 5.41) is 26.7. The summed E-state index contributed by atoms with van der Waals surface area (Å²) >= 11 is 11.8. The van der Waals surface area contributed by atoms with Crippen LogP contribution in [0.1, 0.15) is 32.1 Å². The van der Waals surface area contributed by atoms with Gasteiger partial charge < -0.3 is 25.0 Å². The fourth-order valence-electron chi connectivity index (χ4n) is 3.55. The predicted molar refractivity (Wildman–Crippen MR) is 135 cm³/mol. The monoisotopic (exact) mass is 585 g/mol. The molecule has 0 fully saturated rings. The number of esters is 1. The molecule has 39 heavy (non-hydrogen) atoms. The molecule has 2 atom stereocenters. The number of ether oxygens (including phenoxy) is 2. The van der Waals surface area contributed by atoms with Gasteiger partial charge in [0, 0.05) is 28.8 Å². The lowest BCUT2D eigenvalue weighted by atomic mass is 10.0. The van der Waals surface area contributed by atoms with Crippen LogP contribution in [-0.2, 0) is 27.2 Å². The standard InChI is InChI=1S/C25H23Cl2F2N3O7/c1-38-6-7-39-25(37)22(33)19(8-13-4-2-3-5-16(13)27)30-23(34)20-11-21(24(35)36)32(31-20)12-15-17(28)9-14(26)10-18(15)29/h2-5,9-11,19,22,33H,6-8,12H2,1H3,(H,30,34)(H,35,36)/t19-,22-/m1/s1. The molecule has 0 aliphatic rings. The summed E-state index contributed by atoms with van der Waals surface area (Å²) in [7, 11) is 1.39. The Kier molecular flexibility index (Phi) is 10.4. The van der Waals surface area contributed by atoms with Gasteiger partial charge in [-0.3, -0.25) is 9.48 Å². The number of aromatic nitrogens is 2. The number of carboxylic acids is 1. The molecular formula is C25H23Cl2F2N3O7. The summed E-state index contributed by atoms with van der Waals surface area (Å²) in [6.45, 7) is -0.741. The van der Waals surface area contributed by atoms with Gasteiger partial charge in [-0.25, -0.2) is 18.4 Å². The van der Waals surface area contributed by atoms with Crippen molar-refractivity contribution in [1.82, 2.24) is 15.1 Å². The molecule has 0 spiro atoms. The number of amides is 1. The average molecular weight is 586 g/mol. The van der Waals surface area contributed by atoms with E-state index in [0.717, 1.165) is 22.9 Å². The smallest absolute Gasteiger partial charge is 0.354 e. The van der Waals surface area contributed by atoms with E-state index >= 15 is 0 Å². The van der Waals surface area contributed by atoms with Gasteiger partial charge in [0.25, 0.3) is 5.91 Å². The van der Waals surface area contributed by atoms with Crippen LogP contribution in [0, 0.1) is 11.6 Å². The first-order valence-corrected chi connectivity index (χ1v) is 12.1. The number of nitrogens with zero attached hydrogens (tertiary/aromatic N) is 2. The number of aliphatic hydroxyl groups is 1. The first kappa shape index (κ1) is 30.0. The van der Waals surface area contributed by atoms with E-state index in [1.165, 1.54) is 7.11 Å². The Morgan fingerprint density at radius 3 is 2.38 bits per heavy atom. The summed E-state index contributed by atoms with van der Waals surface area (Å²) in [5.41, 5.74) is -1.04. The van der Waals surface area contributed by atoms with Gasteiger partial charge in [0.1, 0.15) is 23.9 Å². The molecule has 0 saturated carbocycles. The van der Waals surface area contributed by atoms with Crippen molar-refractivity contribution in [2.75, 3.05) is 20.3 Å². The summed E-state index contributed by atoms with van der Waals surface area (Å²) in [5.74, 6) is -5.62. The van der Waals surface area contributed by atoms with Gasteiger partial charge in [-0.2, -0.15) is 5.10 Å². The molecule has 2 aromatic carbocycles. The number of benzene rings is 2. The van der Waals surface area contributed by atoms with E-state index in [4.69, 9.17) is 32.7 Å². The number of rotatable bonds is 12. The number of carboxylic acid groups (broad SMARTS) is 1. The second-order valence-corrected chi connectivity index (χ2v) is 9.05. The van der Waals surface area contributed by atoms with Crippen molar-refractivity contribution < 1.29 is 42.9 Å². The molecule has 3 rings (SSSR count). The molecule has 1 amide bonds. The van der Waals surface area contributed by atoms with Crippen molar-refractivity contribution in [3.8, 4) is 0 Å². The third kappa shape index (κ3) is 7.73. The van der Waals surface area contributed by atoms with Crippen molar-refractivity contribution >= 4 is 41.0 Å². The lowest BCUT2D eigenvalue weighted by Gasteiger charge is -2.23. The van der Waals surface area contributed by atoms with Gasteiger partial charge in [-0.1, -0.05) is 41.4 Å². The highest BCUT2D eigenvalue weighted by atomic mass is 35.5. The molecule has 0 aliphatic carbocycles. The van der Waals surface area contributed by atoms with E-state index < -0.39 is 65.1 Å². The molecule has 10 nitrogen and oxygen atoms in total. The Morgan fingerprint density at radius 2 is 1.77 bits per heavy atom. The summed E-state index contributed by atoms with van der Waals surface area (Å²) in [4.78, 5) is 37.2. The van der Waals surface area contributed by atoms with Crippen molar-refractivity contribution in [2.24, 2.45) is 0 Å². The van der Waals surface area contributed by atoms with Crippen LogP contribution in [0.15, 0.2) is 42.5 Å². The molecule has 0 unspecified atom stereocenters. The number of carbonyl (C=O) groups excluding carboxylic acids is 2. The molecule has 3 aromatic rings. The molecule has 1 heterocycles. The van der Waals surface area contributed by atoms with Crippen LogP contribution in [0.4, 0.5) is 8.78 Å². The summed E-state index contributed by atoms with van der Waals surface area (Å²) in [6, 6.07) is 7.84. The number of halogens is 4. The number of hydrogen-bond donors (Lipinski definition) is 3. The van der Waals surface area contributed by atoms with Gasteiger partial charge >= 0.3 is 11.9 Å². The lowest BCUT2D eigenvalue weighted by molar-refractivity contribution is -0.156. The number of aromatic carboxylic acids is 1. The Bertz CT molecular complexity index is 1350. The molecule has 0 saturated heterocycles. The quantitative estimate of drug-likeness (QED) is 0.217. The molecule has 0 radical (unpaired) electrons. The average Bonchev–Trinajstić information content (AvgIpc) is 3.31. The molecular weight excluding hydrogens is 563 g/mol. The minimum atomic E-state index is -1.85. The van der Waals surface area contributed by atoms with Gasteiger partial charge in [-0.05, 0) is 30.2 Å². The van der Waals surface area contributed by atoms with E-state index in [2.05, 4.69) is 10.4 Å². The highest BCUT2D eigenvalue weighted by Crippen LogP contribution is 2.21. The van der Waals surface area contributed by atoms with Gasteiger partial charge in [0.2, 0.25) is 0 Å². The van der Waals surface area contributed by atoms with E-state index in [1.807, 2.05) is 0 Å². The SMILES string of the molecule is COCCOC(=O)[C@H](O)[C@@H](Cc1ccccc1Cl)NC(=O)c1cc(C(=O)O)n(Cc2c(F)cc(Cl)cc2F)n1. The largest absolute Gasteiger partial charge is 0.477 e. The van der Waals surface area contributed by atoms with Crippen molar-refractivity contribution in [3.05, 3.63) is 86.7 Å². The Labute approximate surface area is 231 Å². The number of nitrogens with one attached hydrogen (secondary N) is 1. The highest BCUT2D eigenvalue weighted by Gasteiger charge is 2.31. The van der Waals surface area contributed by atoms with Crippen LogP contribution in [0.5, 0.6) is 0 Å². The molecule has 0 aliphatic heterocycles. The number of carbonyl (C=O) groups is 3. The van der Waals surface area contributed by atoms with E-state index in [-0.39, 0.29) is 24.7 Å². The van der Waals surface area contributed by atoms with E-state index in [0.29, 0.717) is 10.6 Å². The summed E-state index contributed by atoms with van der Waals surface area (Å²) < 4.78 is 39.1. The molecule has 3 N–H and O–H groups in total. The maximum atomic E-state index is 14.3. The maximum absolute atomic E-state index is 14.3. The first-order chi connectivity index (χ1) is 18.5. The zero-order chi connectivity index (χ0) is 28.7. The first-order valence-electron chi connectivity index (χ1n) is 11.3. The highest BCUT2D eigenvalue weighted by molar-refractivity contribution is 6.31. The van der Waals surface area contributed by atoms with Gasteiger partial charge in [0.05, 0.1) is 19.2 Å². The third-order valence-electron chi connectivity index (χ3n) is 5.51. The van der Waals surface area contributed by atoms with Crippen LogP contribution in [-0.4, -0.2) is 70.3 Å². The normalized spacial score (nSPS) is 12.6. The fraction of sp³-hybridized carbons (Fsp3) is 0.280. The number of methoxy groups -OCH3 is 1. The van der Waals surface area contributed by atoms with Crippen molar-refractivity contribution in [1.29, 1.82) is 0 Å². The van der Waals surface area contributed by atoms with E-state index in [9.17, 15) is 33.4 Å². The molecule has 1 aromatic heterocycles. The molecule has 208 valence electrons. The zero-order valence-corrected chi connectivity index (χ0v) is 21.9. The number of aliphatic hydroxyl groups excluding tert-OH is 1. The van der Waals surface area contributed by atoms with Gasteiger partial charge in [0.15, 0.2) is 11.8 Å². The van der Waals surface area contributed by atoms with Crippen LogP contribution >= 0.6 is 23.2 Å². The third-order valence-corrected chi connectivity index (χ3v) is 6.10. The van der Waals surface area contributed by atoms with Crippen LogP contribution in [0.2, 0.25) is 10.0 Å².